The van der Waals surface area contributed by atoms with Crippen LogP contribution in [-0.2, 0) is 0 Å². The summed E-state index contributed by atoms with van der Waals surface area (Å²) in [5, 5.41) is 31.6. The van der Waals surface area contributed by atoms with Gasteiger partial charge >= 0.3 is 0 Å². The lowest BCUT2D eigenvalue weighted by Gasteiger charge is -2.38. The average molecular weight is 697 g/mol. The van der Waals surface area contributed by atoms with E-state index in [-0.39, 0.29) is 0 Å². The number of hydrogen-bond acceptors (Lipinski definition) is 3. The smallest absolute Gasteiger partial charge is 0.151 e. The minimum atomic E-state index is -0.620. The monoisotopic (exact) mass is 696 g/mol. The predicted octanol–water partition coefficient (Wildman–Crippen LogP) is 12.7. The molecule has 0 saturated heterocycles. The third kappa shape index (κ3) is 4.08. The molecule has 0 bridgehead atoms. The standard InChI is InChI=1S/C48H32N4O2/c49-50-43-27-21-33(31-17-23-35(24-18-31)51(53)45-13-5-1-9-37(45)38-10-2-6-14-46(38)51)29-41(43)42-30-34(22-28-44(42)50)32-19-25-36(26-20-32)52(54)47-15-7-3-11-39(47)40-12-4-8-16-48(40)52/h1-30H,49H2. The quantitative estimate of drug-likeness (QED) is 0.113. The lowest BCUT2D eigenvalue weighted by atomic mass is 9.99. The molecule has 8 aromatic carbocycles. The van der Waals surface area contributed by atoms with Gasteiger partial charge in [0.2, 0.25) is 0 Å². The van der Waals surface area contributed by atoms with E-state index in [1.54, 1.807) is 4.68 Å². The van der Waals surface area contributed by atoms with Crippen molar-refractivity contribution >= 4 is 55.9 Å². The van der Waals surface area contributed by atoms with E-state index in [0.29, 0.717) is 11.4 Å². The zero-order chi connectivity index (χ0) is 36.2. The molecule has 0 saturated carbocycles. The molecule has 0 radical (unpaired) electrons. The summed E-state index contributed by atoms with van der Waals surface area (Å²) in [6, 6.07) is 60.1. The molecule has 11 rings (SSSR count). The van der Waals surface area contributed by atoms with Crippen LogP contribution in [0.2, 0.25) is 0 Å². The highest BCUT2D eigenvalue weighted by Crippen LogP contribution is 2.58. The number of rotatable bonds is 4. The van der Waals surface area contributed by atoms with E-state index in [0.717, 1.165) is 89.1 Å². The first-order valence-corrected chi connectivity index (χ1v) is 18.1. The molecule has 2 N–H and O–H groups in total. The molecule has 0 fully saturated rings. The molecule has 2 aliphatic heterocycles. The van der Waals surface area contributed by atoms with Gasteiger partial charge in [-0.15, -0.1) is 0 Å². The summed E-state index contributed by atoms with van der Waals surface area (Å²) >= 11 is 0. The van der Waals surface area contributed by atoms with Gasteiger partial charge in [-0.25, -0.2) is 0 Å². The third-order valence-corrected chi connectivity index (χ3v) is 11.5. The summed E-state index contributed by atoms with van der Waals surface area (Å²) in [7, 11) is 0. The number of benzene rings is 8. The molecule has 0 unspecified atom stereocenters. The van der Waals surface area contributed by atoms with Crippen molar-refractivity contribution in [3.8, 4) is 44.5 Å². The van der Waals surface area contributed by atoms with Crippen molar-refractivity contribution in [3.63, 3.8) is 0 Å². The predicted molar refractivity (Wildman–Crippen MR) is 223 cm³/mol. The van der Waals surface area contributed by atoms with E-state index in [1.807, 2.05) is 146 Å². The maximum absolute atomic E-state index is 14.8. The Kier molecular flexibility index (Phi) is 6.33. The van der Waals surface area contributed by atoms with Gasteiger partial charge in [-0.1, -0.05) is 60.7 Å². The molecule has 256 valence electrons. The number of aromatic nitrogens is 1. The first-order valence-electron chi connectivity index (χ1n) is 18.1. The molecule has 54 heavy (non-hydrogen) atoms. The molecule has 6 nitrogen and oxygen atoms in total. The average Bonchev–Trinajstić information content (AvgIpc) is 3.79. The Balaban J connectivity index is 0.956. The second-order valence-electron chi connectivity index (χ2n) is 14.2. The van der Waals surface area contributed by atoms with Crippen LogP contribution in [0.4, 0.5) is 34.1 Å². The summed E-state index contributed by atoms with van der Waals surface area (Å²) in [6.07, 6.45) is 0. The normalized spacial score (nSPS) is 14.5. The zero-order valence-electron chi connectivity index (χ0n) is 29.1. The maximum atomic E-state index is 14.8. The molecule has 6 heteroatoms. The van der Waals surface area contributed by atoms with Gasteiger partial charge in [0.25, 0.3) is 0 Å². The second-order valence-corrected chi connectivity index (χ2v) is 14.2. The first-order chi connectivity index (χ1) is 26.4. The zero-order valence-corrected chi connectivity index (χ0v) is 29.1. The van der Waals surface area contributed by atoms with Gasteiger partial charge in [-0.2, -0.15) is 0 Å². The van der Waals surface area contributed by atoms with Gasteiger partial charge in [0, 0.05) is 81.6 Å². The Bertz CT molecular complexity index is 2690. The van der Waals surface area contributed by atoms with Crippen LogP contribution in [0.25, 0.3) is 66.3 Å². The van der Waals surface area contributed by atoms with Crippen molar-refractivity contribution in [2.45, 2.75) is 0 Å². The first kappa shape index (κ1) is 30.8. The van der Waals surface area contributed by atoms with Crippen molar-refractivity contribution in [3.05, 3.63) is 192 Å². The second kappa shape index (κ2) is 11.1. The van der Waals surface area contributed by atoms with Crippen LogP contribution in [0, 0.1) is 10.4 Å². The van der Waals surface area contributed by atoms with E-state index in [1.165, 1.54) is 0 Å². The minimum absolute atomic E-state index is 0.620. The number of nitrogen functional groups attached to an aromatic ring is 1. The van der Waals surface area contributed by atoms with Crippen LogP contribution < -0.4 is 15.1 Å². The fourth-order valence-corrected chi connectivity index (χ4v) is 8.86. The van der Waals surface area contributed by atoms with Gasteiger partial charge < -0.3 is 16.3 Å². The summed E-state index contributed by atoms with van der Waals surface area (Å²) in [4.78, 5) is 0. The summed E-state index contributed by atoms with van der Waals surface area (Å²) in [6.45, 7) is 0. The Morgan fingerprint density at radius 1 is 0.352 bits per heavy atom. The molecule has 0 atom stereocenters. The van der Waals surface area contributed by atoms with Crippen molar-refractivity contribution in [2.24, 2.45) is 0 Å². The molecule has 1 aromatic heterocycles. The van der Waals surface area contributed by atoms with E-state index < -0.39 is 9.29 Å². The van der Waals surface area contributed by atoms with E-state index in [2.05, 4.69) is 36.4 Å². The molecule has 3 heterocycles. The molecule has 9 aromatic rings. The molecule has 0 spiro atoms. The summed E-state index contributed by atoms with van der Waals surface area (Å²) < 4.78 is 0.503. The van der Waals surface area contributed by atoms with Gasteiger partial charge in [0.05, 0.1) is 11.0 Å². The highest BCUT2D eigenvalue weighted by molar-refractivity contribution is 6.11. The van der Waals surface area contributed by atoms with Crippen molar-refractivity contribution < 1.29 is 0 Å². The Morgan fingerprint density at radius 3 is 0.981 bits per heavy atom. The van der Waals surface area contributed by atoms with Crippen LogP contribution in [0.1, 0.15) is 0 Å². The topological polar surface area (TPSA) is 77.1 Å². The highest BCUT2D eigenvalue weighted by Gasteiger charge is 2.40. The SMILES string of the molecule is Nn1c2ccc(-c3ccc([N+]4([O-])c5ccccc5-c5ccccc54)cc3)cc2c2cc(-c3ccc([N+]4([O-])c5ccccc5-c5ccccc54)cc3)ccc21. The van der Waals surface area contributed by atoms with Gasteiger partial charge in [0.1, 0.15) is 11.4 Å². The molecule has 0 aliphatic carbocycles. The lowest BCUT2D eigenvalue weighted by Crippen LogP contribution is -2.29. The Morgan fingerprint density at radius 2 is 0.648 bits per heavy atom. The van der Waals surface area contributed by atoms with Crippen molar-refractivity contribution in [1.29, 1.82) is 0 Å². The number of hydrogen-bond donors (Lipinski definition) is 1. The maximum Gasteiger partial charge on any atom is 0.151 e. The fourth-order valence-electron chi connectivity index (χ4n) is 8.86. The van der Waals surface area contributed by atoms with Crippen LogP contribution in [0.15, 0.2) is 182 Å². The lowest BCUT2D eigenvalue weighted by molar-refractivity contribution is 0.710. The van der Waals surface area contributed by atoms with Gasteiger partial charge in [0.15, 0.2) is 22.7 Å². The number of para-hydroxylation sites is 4. The van der Waals surface area contributed by atoms with Crippen LogP contribution in [-0.4, -0.2) is 4.68 Å². The number of quaternary nitrogens is 2. The van der Waals surface area contributed by atoms with Crippen LogP contribution in [0.5, 0.6) is 0 Å². The third-order valence-electron chi connectivity index (χ3n) is 11.5. The van der Waals surface area contributed by atoms with E-state index in [9.17, 15) is 10.4 Å². The van der Waals surface area contributed by atoms with E-state index >= 15 is 0 Å². The van der Waals surface area contributed by atoms with Crippen LogP contribution in [0.3, 0.4) is 0 Å². The van der Waals surface area contributed by atoms with Gasteiger partial charge in [-0.05, 0) is 95.1 Å². The molecule has 2 aliphatic rings. The summed E-state index contributed by atoms with van der Waals surface area (Å²) in [5.41, 5.74) is 14.1. The largest absolute Gasteiger partial charge is 0.616 e. The highest BCUT2D eigenvalue weighted by atomic mass is 16.6. The fraction of sp³-hybridized carbons (Fsp3) is 0. The Labute approximate surface area is 311 Å². The molecular formula is C48H32N4O2. The molecular weight excluding hydrogens is 665 g/mol. The van der Waals surface area contributed by atoms with Crippen LogP contribution >= 0.6 is 0 Å². The van der Waals surface area contributed by atoms with Crippen molar-refractivity contribution in [1.82, 2.24) is 14.0 Å². The molecule has 0 amide bonds. The Hall–Kier alpha value is -6.80. The van der Waals surface area contributed by atoms with Gasteiger partial charge in [-0.3, -0.25) is 14.0 Å². The van der Waals surface area contributed by atoms with E-state index in [4.69, 9.17) is 5.84 Å². The number of fused-ring (bicyclic) bond motifs is 9. The number of nitrogens with two attached hydrogens (primary N) is 1. The minimum Gasteiger partial charge on any atom is -0.616 e. The van der Waals surface area contributed by atoms with Crippen molar-refractivity contribution in [2.75, 3.05) is 5.84 Å². The summed E-state index contributed by atoms with van der Waals surface area (Å²) in [5.74, 6) is 6.66. The number of nitrogens with zero attached hydrogens (tertiary/aromatic N) is 3.